The van der Waals surface area contributed by atoms with Crippen molar-refractivity contribution in [2.75, 3.05) is 0 Å². The van der Waals surface area contributed by atoms with Gasteiger partial charge in [-0.25, -0.2) is 0 Å². The Morgan fingerprint density at radius 1 is 0.957 bits per heavy atom. The fourth-order valence-corrected chi connectivity index (χ4v) is 3.83. The van der Waals surface area contributed by atoms with Gasteiger partial charge in [0.05, 0.1) is 0 Å². The van der Waals surface area contributed by atoms with Crippen LogP contribution >= 0.6 is 17.0 Å². The molecule has 23 heavy (non-hydrogen) atoms. The molecule has 0 saturated carbocycles. The molecular formula is C16H14Cl2O3SZr. The Labute approximate surface area is 154 Å². The molecule has 2 aliphatic rings. The van der Waals surface area contributed by atoms with Gasteiger partial charge in [-0.15, -0.1) is 0 Å². The molecule has 2 aliphatic carbocycles. The number of benzene rings is 1. The molecule has 120 valence electrons. The van der Waals surface area contributed by atoms with E-state index in [9.17, 15) is 13.0 Å². The molecule has 1 aromatic carbocycles. The molecule has 0 saturated heterocycles. The maximum atomic E-state index is 11.6. The first-order valence-electron chi connectivity index (χ1n) is 6.66. The summed E-state index contributed by atoms with van der Waals surface area (Å²) in [5, 5.41) is 0. The van der Waals surface area contributed by atoms with E-state index in [0.29, 0.717) is 11.1 Å². The Balaban J connectivity index is 0.000000595. The summed E-state index contributed by atoms with van der Waals surface area (Å²) in [6, 6.07) is 9.82. The zero-order valence-electron chi connectivity index (χ0n) is 12.5. The van der Waals surface area contributed by atoms with E-state index in [1.807, 2.05) is 49.4 Å². The second-order valence-electron chi connectivity index (χ2n) is 5.10. The van der Waals surface area contributed by atoms with Crippen LogP contribution in [0, 0.1) is 0 Å². The van der Waals surface area contributed by atoms with Crippen molar-refractivity contribution >= 4 is 32.7 Å². The van der Waals surface area contributed by atoms with Crippen LogP contribution < -0.4 is 0 Å². The monoisotopic (exact) mass is 446 g/mol. The third-order valence-corrected chi connectivity index (χ3v) is 4.65. The first kappa shape index (κ1) is 18.9. The molecule has 0 aliphatic heterocycles. The first-order chi connectivity index (χ1) is 10.8. The third kappa shape index (κ3) is 3.97. The summed E-state index contributed by atoms with van der Waals surface area (Å²) >= 11 is -0.826. The van der Waals surface area contributed by atoms with Gasteiger partial charge in [-0.2, -0.15) is 8.42 Å². The summed E-state index contributed by atoms with van der Waals surface area (Å²) < 4.78 is 32.6. The molecule has 0 fully saturated rings. The van der Waals surface area contributed by atoms with Crippen LogP contribution in [-0.2, 0) is 31.0 Å². The van der Waals surface area contributed by atoms with Crippen molar-refractivity contribution in [3.05, 3.63) is 75.2 Å². The average Bonchev–Trinajstić information content (AvgIpc) is 2.97. The van der Waals surface area contributed by atoms with Crippen molar-refractivity contribution in [1.82, 2.24) is 0 Å². The maximum absolute atomic E-state index is 11.6. The van der Waals surface area contributed by atoms with E-state index < -0.39 is 31.0 Å². The van der Waals surface area contributed by atoms with Crippen LogP contribution in [0.15, 0.2) is 69.7 Å². The quantitative estimate of drug-likeness (QED) is 0.657. The molecule has 0 amide bonds. The van der Waals surface area contributed by atoms with Gasteiger partial charge in [0, 0.05) is 5.57 Å². The number of rotatable bonds is 2. The zero-order chi connectivity index (χ0) is 17.2. The first-order valence-corrected chi connectivity index (χ1v) is 14.4. The molecule has 7 heteroatoms. The molecule has 0 unspecified atom stereocenters. The van der Waals surface area contributed by atoms with Gasteiger partial charge in [0.1, 0.15) is 4.91 Å². The van der Waals surface area contributed by atoms with Gasteiger partial charge in [-0.1, -0.05) is 36.4 Å². The van der Waals surface area contributed by atoms with Crippen molar-refractivity contribution in [2.24, 2.45) is 0 Å². The average molecular weight is 448 g/mol. The topological polar surface area (TPSA) is 54.4 Å². The van der Waals surface area contributed by atoms with Gasteiger partial charge in [-0.05, 0) is 47.8 Å². The predicted octanol–water partition coefficient (Wildman–Crippen LogP) is 4.88. The van der Waals surface area contributed by atoms with Gasteiger partial charge in [0.25, 0.3) is 10.1 Å². The van der Waals surface area contributed by atoms with E-state index in [4.69, 9.17) is 17.0 Å². The number of allylic oxidation sites excluding steroid dienone is 7. The fraction of sp³-hybridized carbons (Fsp3) is 0.125. The number of hydrogen-bond donors (Lipinski definition) is 1. The molecule has 0 bridgehead atoms. The Hall–Kier alpha value is -0.447. The van der Waals surface area contributed by atoms with Crippen LogP contribution in [0.4, 0.5) is 0 Å². The van der Waals surface area contributed by atoms with E-state index in [2.05, 4.69) is 0 Å². The molecule has 0 atom stereocenters. The summed E-state index contributed by atoms with van der Waals surface area (Å²) in [6.45, 7) is 3.57. The minimum atomic E-state index is -4.21. The molecule has 0 radical (unpaired) electrons. The second-order valence-corrected chi connectivity index (χ2v) is 10.2. The molecule has 3 nitrogen and oxygen atoms in total. The zero-order valence-corrected chi connectivity index (χ0v) is 17.3. The van der Waals surface area contributed by atoms with Gasteiger partial charge in [0.15, 0.2) is 0 Å². The van der Waals surface area contributed by atoms with Crippen molar-refractivity contribution in [2.45, 2.75) is 13.8 Å². The molecule has 0 aromatic heterocycles. The summed E-state index contributed by atoms with van der Waals surface area (Å²) in [5.41, 5.74) is 4.98. The summed E-state index contributed by atoms with van der Waals surface area (Å²) in [5.74, 6) is 0. The Morgan fingerprint density at radius 3 is 2.00 bits per heavy atom. The molecular weight excluding hydrogens is 434 g/mol. The van der Waals surface area contributed by atoms with Crippen molar-refractivity contribution < 1.29 is 33.8 Å². The minimum absolute atomic E-state index is 0.0344. The standard InChI is InChI=1S/C16H14O3S.2ClH.Zr/c1-10-8-13(12-6-4-3-5-7-12)14-9-11(2)16(15(10)14)20(17,18)19;;;/h3-9H,1-2H3,(H,17,18,19);2*1H;/q;;;+2/p-2. The van der Waals surface area contributed by atoms with Crippen LogP contribution in [0.1, 0.15) is 19.4 Å². The van der Waals surface area contributed by atoms with E-state index in [-0.39, 0.29) is 4.91 Å². The number of halogens is 2. The summed E-state index contributed by atoms with van der Waals surface area (Å²) in [4.78, 5) is 0.0344. The van der Waals surface area contributed by atoms with E-state index in [0.717, 1.165) is 22.3 Å². The van der Waals surface area contributed by atoms with Crippen molar-refractivity contribution in [1.29, 1.82) is 0 Å². The van der Waals surface area contributed by atoms with E-state index in [1.165, 1.54) is 0 Å². The molecule has 1 N–H and O–H groups in total. The summed E-state index contributed by atoms with van der Waals surface area (Å²) in [7, 11) is 5.66. The number of fused-ring (bicyclic) bond motifs is 1. The van der Waals surface area contributed by atoms with E-state index in [1.54, 1.807) is 6.92 Å². The van der Waals surface area contributed by atoms with Crippen LogP contribution in [-0.4, -0.2) is 13.0 Å². The van der Waals surface area contributed by atoms with Gasteiger partial charge >= 0.3 is 37.9 Å². The Morgan fingerprint density at radius 2 is 1.48 bits per heavy atom. The van der Waals surface area contributed by atoms with Crippen molar-refractivity contribution in [3.8, 4) is 0 Å². The van der Waals surface area contributed by atoms with Crippen LogP contribution in [0.3, 0.4) is 0 Å². The van der Waals surface area contributed by atoms with Gasteiger partial charge in [0.2, 0.25) is 0 Å². The molecule has 0 spiro atoms. The SMILES string of the molecule is CC1=C2C(=CC(C)=C2S(=O)(=O)O)C(c2ccccc2)=C1.[Cl][Zr][Cl]. The van der Waals surface area contributed by atoms with Crippen molar-refractivity contribution in [3.63, 3.8) is 0 Å². The fourth-order valence-electron chi connectivity index (χ4n) is 2.83. The molecule has 1 aromatic rings. The van der Waals surface area contributed by atoms with Crippen LogP contribution in [0.25, 0.3) is 5.57 Å². The number of hydrogen-bond acceptors (Lipinski definition) is 2. The second kappa shape index (κ2) is 7.63. The van der Waals surface area contributed by atoms with E-state index >= 15 is 0 Å². The van der Waals surface area contributed by atoms with Crippen LogP contribution in [0.5, 0.6) is 0 Å². The Kier molecular flexibility index (Phi) is 6.26. The third-order valence-electron chi connectivity index (χ3n) is 3.60. The Bertz CT molecular complexity index is 851. The van der Waals surface area contributed by atoms with Crippen LogP contribution in [0.2, 0.25) is 0 Å². The predicted molar refractivity (Wildman–Crippen MR) is 91.2 cm³/mol. The van der Waals surface area contributed by atoms with Gasteiger partial charge < -0.3 is 0 Å². The molecule has 0 heterocycles. The van der Waals surface area contributed by atoms with Gasteiger partial charge in [-0.3, -0.25) is 4.55 Å². The normalized spacial score (nSPS) is 16.6. The molecule has 3 rings (SSSR count). The summed E-state index contributed by atoms with van der Waals surface area (Å²) in [6.07, 6.45) is 3.79.